The molecule has 142 valence electrons. The van der Waals surface area contributed by atoms with Crippen LogP contribution in [0.4, 0.5) is 0 Å². The average molecular weight is 458 g/mol. The molecular weight excluding hydrogens is 423 g/mol. The third kappa shape index (κ3) is 7.13. The highest BCUT2D eigenvalue weighted by atomic mass is 127. The molecule has 1 fully saturated rings. The van der Waals surface area contributed by atoms with Crippen LogP contribution in [0, 0.1) is 5.41 Å². The van der Waals surface area contributed by atoms with Crippen molar-refractivity contribution in [2.45, 2.75) is 52.6 Å². The van der Waals surface area contributed by atoms with Crippen LogP contribution in [0.15, 0.2) is 29.3 Å². The first kappa shape index (κ1) is 22.2. The monoisotopic (exact) mass is 458 g/mol. The van der Waals surface area contributed by atoms with Crippen LogP contribution in [0.2, 0.25) is 0 Å². The zero-order valence-corrected chi connectivity index (χ0v) is 18.6. The Morgan fingerprint density at radius 3 is 2.44 bits per heavy atom. The summed E-state index contributed by atoms with van der Waals surface area (Å²) in [7, 11) is 4.20. The molecule has 1 aromatic rings. The summed E-state index contributed by atoms with van der Waals surface area (Å²) < 4.78 is 0. The van der Waals surface area contributed by atoms with E-state index in [1.165, 1.54) is 36.8 Å². The molecule has 1 aliphatic rings. The van der Waals surface area contributed by atoms with Crippen LogP contribution in [-0.2, 0) is 13.1 Å². The van der Waals surface area contributed by atoms with Crippen molar-refractivity contribution in [2.24, 2.45) is 10.4 Å². The Morgan fingerprint density at radius 1 is 1.16 bits per heavy atom. The molecule has 2 rings (SSSR count). The maximum absolute atomic E-state index is 4.78. The van der Waals surface area contributed by atoms with E-state index in [0.717, 1.165) is 32.1 Å². The van der Waals surface area contributed by atoms with E-state index in [-0.39, 0.29) is 24.0 Å². The van der Waals surface area contributed by atoms with E-state index < -0.39 is 0 Å². The molecular formula is C20H35IN4. The van der Waals surface area contributed by atoms with Crippen molar-refractivity contribution in [3.8, 4) is 0 Å². The molecule has 0 aromatic heterocycles. The van der Waals surface area contributed by atoms with E-state index in [1.807, 2.05) is 0 Å². The number of rotatable bonds is 8. The fourth-order valence-electron chi connectivity index (χ4n) is 3.31. The second-order valence-corrected chi connectivity index (χ2v) is 7.31. The summed E-state index contributed by atoms with van der Waals surface area (Å²) >= 11 is 0. The maximum Gasteiger partial charge on any atom is 0.191 e. The summed E-state index contributed by atoms with van der Waals surface area (Å²) in [6, 6.07) is 8.72. The third-order valence-electron chi connectivity index (χ3n) is 5.05. The first-order valence-electron chi connectivity index (χ1n) is 9.31. The molecule has 0 saturated heterocycles. The predicted molar refractivity (Wildman–Crippen MR) is 119 cm³/mol. The second kappa shape index (κ2) is 11.0. The van der Waals surface area contributed by atoms with Crippen LogP contribution in [-0.4, -0.2) is 38.0 Å². The first-order chi connectivity index (χ1) is 11.6. The van der Waals surface area contributed by atoms with E-state index in [4.69, 9.17) is 4.99 Å². The molecule has 5 heteroatoms. The van der Waals surface area contributed by atoms with E-state index >= 15 is 0 Å². The van der Waals surface area contributed by atoms with Gasteiger partial charge in [0.2, 0.25) is 0 Å². The Labute approximate surface area is 170 Å². The minimum Gasteiger partial charge on any atom is -0.357 e. The molecule has 0 aliphatic heterocycles. The van der Waals surface area contributed by atoms with Crippen molar-refractivity contribution < 1.29 is 0 Å². The standard InChI is InChI=1S/C20H34N4.HI/c1-5-20(11-8-12-20)16-23-19(21-6-2)22-14-17-9-7-10-18(13-17)15-24(3)4;/h7,9-10,13H,5-6,8,11-12,14-16H2,1-4H3,(H2,21,22,23);1H. The molecule has 0 amide bonds. The van der Waals surface area contributed by atoms with Crippen molar-refractivity contribution in [1.29, 1.82) is 0 Å². The minimum atomic E-state index is 0. The number of halogens is 1. The number of guanidine groups is 1. The molecule has 1 saturated carbocycles. The van der Waals surface area contributed by atoms with Crippen LogP contribution in [0.3, 0.4) is 0 Å². The van der Waals surface area contributed by atoms with Crippen molar-refractivity contribution >= 4 is 29.9 Å². The zero-order chi connectivity index (χ0) is 17.4. The van der Waals surface area contributed by atoms with Gasteiger partial charge in [-0.05, 0) is 56.8 Å². The zero-order valence-electron chi connectivity index (χ0n) is 16.3. The fourth-order valence-corrected chi connectivity index (χ4v) is 3.31. The van der Waals surface area contributed by atoms with E-state index in [9.17, 15) is 0 Å². The number of nitrogens with one attached hydrogen (secondary N) is 2. The molecule has 0 radical (unpaired) electrons. The van der Waals surface area contributed by atoms with Gasteiger partial charge in [-0.25, -0.2) is 4.99 Å². The normalized spacial score (nSPS) is 16.1. The number of hydrogen-bond donors (Lipinski definition) is 2. The van der Waals surface area contributed by atoms with Crippen LogP contribution in [0.5, 0.6) is 0 Å². The lowest BCUT2D eigenvalue weighted by Gasteiger charge is -2.41. The smallest absolute Gasteiger partial charge is 0.191 e. The van der Waals surface area contributed by atoms with Gasteiger partial charge >= 0.3 is 0 Å². The number of benzene rings is 1. The quantitative estimate of drug-likeness (QED) is 0.352. The maximum atomic E-state index is 4.78. The van der Waals surface area contributed by atoms with Crippen LogP contribution < -0.4 is 10.6 Å². The number of aliphatic imine (C=N–C) groups is 1. The molecule has 0 unspecified atom stereocenters. The largest absolute Gasteiger partial charge is 0.357 e. The molecule has 0 bridgehead atoms. The van der Waals surface area contributed by atoms with Crippen molar-refractivity contribution in [1.82, 2.24) is 15.5 Å². The Morgan fingerprint density at radius 2 is 1.88 bits per heavy atom. The van der Waals surface area contributed by atoms with Gasteiger partial charge in [-0.2, -0.15) is 0 Å². The highest BCUT2D eigenvalue weighted by Gasteiger charge is 2.34. The molecule has 0 heterocycles. The summed E-state index contributed by atoms with van der Waals surface area (Å²) in [5.41, 5.74) is 3.10. The molecule has 1 aromatic carbocycles. The van der Waals surface area contributed by atoms with Gasteiger partial charge in [0.1, 0.15) is 0 Å². The number of hydrogen-bond acceptors (Lipinski definition) is 2. The fraction of sp³-hybridized carbons (Fsp3) is 0.650. The first-order valence-corrected chi connectivity index (χ1v) is 9.31. The van der Waals surface area contributed by atoms with Gasteiger partial charge in [0.15, 0.2) is 5.96 Å². The Balaban J connectivity index is 0.00000312. The molecule has 0 atom stereocenters. The van der Waals surface area contributed by atoms with E-state index in [0.29, 0.717) is 5.41 Å². The molecule has 2 N–H and O–H groups in total. The van der Waals surface area contributed by atoms with Crippen LogP contribution in [0.25, 0.3) is 0 Å². The topological polar surface area (TPSA) is 39.7 Å². The van der Waals surface area contributed by atoms with Gasteiger partial charge in [-0.1, -0.05) is 37.6 Å². The van der Waals surface area contributed by atoms with Gasteiger partial charge in [-0.15, -0.1) is 24.0 Å². The third-order valence-corrected chi connectivity index (χ3v) is 5.05. The second-order valence-electron chi connectivity index (χ2n) is 7.31. The van der Waals surface area contributed by atoms with Crippen LogP contribution >= 0.6 is 24.0 Å². The summed E-state index contributed by atoms with van der Waals surface area (Å²) in [4.78, 5) is 6.97. The van der Waals surface area contributed by atoms with Crippen LogP contribution in [0.1, 0.15) is 50.7 Å². The Kier molecular flexibility index (Phi) is 9.79. The predicted octanol–water partition coefficient (Wildman–Crippen LogP) is 4.00. The lowest BCUT2D eigenvalue weighted by molar-refractivity contribution is 0.131. The summed E-state index contributed by atoms with van der Waals surface area (Å²) in [5.74, 6) is 0.940. The van der Waals surface area contributed by atoms with Crippen molar-refractivity contribution in [2.75, 3.05) is 27.2 Å². The average Bonchev–Trinajstić information content (AvgIpc) is 2.51. The van der Waals surface area contributed by atoms with E-state index in [1.54, 1.807) is 0 Å². The van der Waals surface area contributed by atoms with E-state index in [2.05, 4.69) is 67.7 Å². The van der Waals surface area contributed by atoms with Crippen molar-refractivity contribution in [3.63, 3.8) is 0 Å². The molecule has 25 heavy (non-hydrogen) atoms. The molecule has 4 nitrogen and oxygen atoms in total. The summed E-state index contributed by atoms with van der Waals surface area (Å²) in [6.45, 7) is 8.04. The van der Waals surface area contributed by atoms with Crippen molar-refractivity contribution in [3.05, 3.63) is 35.4 Å². The SMILES string of the molecule is CCNC(=NCc1cccc(CN(C)C)c1)NCC1(CC)CCC1.I. The Bertz CT molecular complexity index is 533. The lowest BCUT2D eigenvalue weighted by atomic mass is 9.67. The minimum absolute atomic E-state index is 0. The van der Waals surface area contributed by atoms with Gasteiger partial charge in [0, 0.05) is 19.6 Å². The van der Waals surface area contributed by atoms with Gasteiger partial charge in [0.05, 0.1) is 6.54 Å². The van der Waals surface area contributed by atoms with Gasteiger partial charge in [0.25, 0.3) is 0 Å². The molecule has 1 aliphatic carbocycles. The Hall–Kier alpha value is -0.820. The lowest BCUT2D eigenvalue weighted by Crippen LogP contribution is -2.46. The molecule has 0 spiro atoms. The summed E-state index contributed by atoms with van der Waals surface area (Å²) in [5, 5.41) is 6.94. The van der Waals surface area contributed by atoms with Gasteiger partial charge < -0.3 is 15.5 Å². The number of nitrogens with zero attached hydrogens (tertiary/aromatic N) is 2. The van der Waals surface area contributed by atoms with Gasteiger partial charge in [-0.3, -0.25) is 0 Å². The highest BCUT2D eigenvalue weighted by Crippen LogP contribution is 2.42. The highest BCUT2D eigenvalue weighted by molar-refractivity contribution is 14.0. The summed E-state index contributed by atoms with van der Waals surface area (Å²) in [6.07, 6.45) is 5.33.